The number of hydrogen-bond acceptors (Lipinski definition) is 0. The van der Waals surface area contributed by atoms with Gasteiger partial charge in [0, 0.05) is 0 Å². The van der Waals surface area contributed by atoms with Gasteiger partial charge in [-0.3, -0.25) is 0 Å². The van der Waals surface area contributed by atoms with E-state index in [0.717, 1.165) is 0 Å². The van der Waals surface area contributed by atoms with Crippen molar-refractivity contribution in [3.05, 3.63) is 85.1 Å². The van der Waals surface area contributed by atoms with E-state index >= 15 is 0 Å². The van der Waals surface area contributed by atoms with Crippen LogP contribution >= 0.6 is 0 Å². The van der Waals surface area contributed by atoms with Crippen LogP contribution in [0.3, 0.4) is 0 Å². The minimum atomic E-state index is 1.17. The molecule has 0 aromatic rings. The van der Waals surface area contributed by atoms with E-state index in [-0.39, 0.29) is 0 Å². The van der Waals surface area contributed by atoms with Gasteiger partial charge < -0.3 is 0 Å². The van der Waals surface area contributed by atoms with Crippen LogP contribution in [0.5, 0.6) is 0 Å². The topological polar surface area (TPSA) is 0 Å². The molecule has 0 bridgehead atoms. The third-order valence-electron chi connectivity index (χ3n) is 4.67. The lowest BCUT2D eigenvalue weighted by atomic mass is 10.1. The number of hydrogen-bond donors (Lipinski definition) is 0. The van der Waals surface area contributed by atoms with Gasteiger partial charge in [-0.2, -0.15) is 0 Å². The summed E-state index contributed by atoms with van der Waals surface area (Å²) in [6.07, 6.45) is 49.0. The Bertz CT molecular complexity index is 343. The molecule has 0 atom stereocenters. The van der Waals surface area contributed by atoms with Crippen LogP contribution in [0.4, 0.5) is 0 Å². The van der Waals surface area contributed by atoms with Crippen molar-refractivity contribution in [3.63, 3.8) is 0 Å². The highest BCUT2D eigenvalue weighted by atomic mass is 13.9. The van der Waals surface area contributed by atoms with Gasteiger partial charge in [-0.15, -0.1) is 0 Å². The van der Waals surface area contributed by atoms with Gasteiger partial charge in [-0.25, -0.2) is 0 Å². The van der Waals surface area contributed by atoms with Crippen molar-refractivity contribution in [3.8, 4) is 0 Å². The van der Waals surface area contributed by atoms with Crippen LogP contribution in [-0.4, -0.2) is 0 Å². The largest absolute Gasteiger partial charge is 0.0882 e. The quantitative estimate of drug-likeness (QED) is 0.368. The highest BCUT2D eigenvalue weighted by Gasteiger charge is 1.83. The third-order valence-corrected chi connectivity index (χ3v) is 4.67. The van der Waals surface area contributed by atoms with Gasteiger partial charge in [0.25, 0.3) is 0 Å². The molecule has 0 aromatic carbocycles. The molecule has 1 aliphatic rings. The summed E-state index contributed by atoms with van der Waals surface area (Å²) in [5.41, 5.74) is 0. The van der Waals surface area contributed by atoms with Gasteiger partial charge >= 0.3 is 0 Å². The first-order valence-corrected chi connectivity index (χ1v) is 11.5. The molecule has 0 unspecified atom stereocenters. The van der Waals surface area contributed by atoms with Crippen LogP contribution < -0.4 is 0 Å². The molecule has 0 heterocycles. The van der Waals surface area contributed by atoms with Crippen molar-refractivity contribution >= 4 is 0 Å². The van der Waals surface area contributed by atoms with Crippen LogP contribution in [0.25, 0.3) is 0 Å². The number of allylic oxidation sites excluding steroid dienone is 14. The fourth-order valence-electron chi connectivity index (χ4n) is 3.00. The zero-order chi connectivity index (χ0) is 19.8. The molecular weight excluding hydrogens is 336 g/mol. The molecule has 0 radical (unpaired) electrons. The van der Waals surface area contributed by atoms with E-state index in [0.29, 0.717) is 0 Å². The lowest BCUT2D eigenvalue weighted by molar-refractivity contribution is 0.962. The van der Waals surface area contributed by atoms with E-state index in [1.807, 2.05) is 0 Å². The summed E-state index contributed by atoms with van der Waals surface area (Å²) in [5.74, 6) is 0. The average molecular weight is 379 g/mol. The van der Waals surface area contributed by atoms with Gasteiger partial charge in [0.15, 0.2) is 0 Å². The predicted molar refractivity (Wildman–Crippen MR) is 129 cm³/mol. The summed E-state index contributed by atoms with van der Waals surface area (Å²) in [6.45, 7) is 0. The maximum atomic E-state index is 2.33. The van der Waals surface area contributed by atoms with Crippen molar-refractivity contribution in [1.82, 2.24) is 0 Å². The minimum Gasteiger partial charge on any atom is -0.0882 e. The van der Waals surface area contributed by atoms with Gasteiger partial charge in [-0.1, -0.05) is 85.1 Å². The van der Waals surface area contributed by atoms with E-state index in [9.17, 15) is 0 Å². The van der Waals surface area contributed by atoms with Crippen molar-refractivity contribution in [1.29, 1.82) is 0 Å². The van der Waals surface area contributed by atoms with E-state index in [1.54, 1.807) is 0 Å². The molecule has 0 saturated heterocycles. The summed E-state index contributed by atoms with van der Waals surface area (Å²) >= 11 is 0. The first-order chi connectivity index (χ1) is 14.0. The van der Waals surface area contributed by atoms with Crippen molar-refractivity contribution in [2.45, 2.75) is 89.9 Å². The maximum Gasteiger partial charge on any atom is -0.0316 e. The maximum absolute atomic E-state index is 2.33. The van der Waals surface area contributed by atoms with Crippen LogP contribution in [0.15, 0.2) is 85.1 Å². The highest BCUT2D eigenvalue weighted by Crippen LogP contribution is 2.04. The molecule has 0 spiro atoms. The standard InChI is InChI=1S/C28H42/c1-2-4-6-8-10-12-14-16-18-20-22-24-26-28-27-25-23-21-19-17-15-13-11-9-7-5-3-1/h1-2,7-10,15-18,23-26H,3-6,11-14,19-22,27-28H2/b2-1-,9-7-,10-8-,17-15?,18-16?,25-23-,26-24?. The Morgan fingerprint density at radius 2 is 0.214 bits per heavy atom. The van der Waals surface area contributed by atoms with Crippen LogP contribution in [0.2, 0.25) is 0 Å². The molecule has 154 valence electrons. The lowest BCUT2D eigenvalue weighted by Gasteiger charge is -1.92. The van der Waals surface area contributed by atoms with Crippen LogP contribution in [0.1, 0.15) is 89.9 Å². The van der Waals surface area contributed by atoms with Gasteiger partial charge in [0.05, 0.1) is 0 Å². The van der Waals surface area contributed by atoms with Gasteiger partial charge in [-0.05, 0) is 89.9 Å². The molecule has 0 nitrogen and oxygen atoms in total. The molecule has 28 heavy (non-hydrogen) atoms. The molecule has 0 N–H and O–H groups in total. The number of rotatable bonds is 0. The average Bonchev–Trinajstić information content (AvgIpc) is 2.71. The van der Waals surface area contributed by atoms with Gasteiger partial charge in [0.2, 0.25) is 0 Å². The summed E-state index contributed by atoms with van der Waals surface area (Å²) in [6, 6.07) is 0. The van der Waals surface area contributed by atoms with Gasteiger partial charge in [0.1, 0.15) is 0 Å². The molecule has 0 fully saturated rings. The Hall–Kier alpha value is -1.82. The van der Waals surface area contributed by atoms with Crippen LogP contribution in [-0.2, 0) is 0 Å². The summed E-state index contributed by atoms with van der Waals surface area (Å²) < 4.78 is 0. The first-order valence-electron chi connectivity index (χ1n) is 11.5. The van der Waals surface area contributed by atoms with Crippen LogP contribution in [0, 0.1) is 0 Å². The Labute approximate surface area is 175 Å². The fraction of sp³-hybridized carbons (Fsp3) is 0.500. The Morgan fingerprint density at radius 1 is 0.143 bits per heavy atom. The molecule has 1 rings (SSSR count). The second-order valence-corrected chi connectivity index (χ2v) is 7.34. The molecule has 0 aromatic heterocycles. The molecule has 1 aliphatic carbocycles. The summed E-state index contributed by atoms with van der Waals surface area (Å²) in [4.78, 5) is 0. The zero-order valence-electron chi connectivity index (χ0n) is 18.0. The van der Waals surface area contributed by atoms with E-state index in [1.165, 1.54) is 89.9 Å². The predicted octanol–water partition coefficient (Wildman–Crippen LogP) is 9.35. The Morgan fingerprint density at radius 3 is 0.286 bits per heavy atom. The molecule has 0 aliphatic heterocycles. The summed E-state index contributed by atoms with van der Waals surface area (Å²) in [7, 11) is 0. The van der Waals surface area contributed by atoms with E-state index in [2.05, 4.69) is 85.1 Å². The first kappa shape index (κ1) is 24.2. The van der Waals surface area contributed by atoms with E-state index < -0.39 is 0 Å². The van der Waals surface area contributed by atoms with Crippen molar-refractivity contribution in [2.75, 3.05) is 0 Å². The molecular formula is C28H42. The zero-order valence-corrected chi connectivity index (χ0v) is 18.0. The second kappa shape index (κ2) is 21.5. The summed E-state index contributed by atoms with van der Waals surface area (Å²) in [5, 5.41) is 0. The Kier molecular flexibility index (Phi) is 18.6. The van der Waals surface area contributed by atoms with E-state index in [4.69, 9.17) is 0 Å². The lowest BCUT2D eigenvalue weighted by Crippen LogP contribution is -1.71. The minimum absolute atomic E-state index is 1.17. The normalized spacial score (nSPS) is 24.6. The van der Waals surface area contributed by atoms with Crippen molar-refractivity contribution < 1.29 is 0 Å². The van der Waals surface area contributed by atoms with Crippen molar-refractivity contribution in [2.24, 2.45) is 0 Å². The molecule has 0 heteroatoms. The molecule has 0 amide bonds. The highest BCUT2D eigenvalue weighted by molar-refractivity contribution is 4.95. The smallest absolute Gasteiger partial charge is 0.0316 e. The fourth-order valence-corrected chi connectivity index (χ4v) is 3.00. The second-order valence-electron chi connectivity index (χ2n) is 7.34. The SMILES string of the molecule is C1=CCC/C=C\CCC=CCC/C=C\CC/C=C\CC/C=C\CCC=CCC1. The third kappa shape index (κ3) is 19.0. The molecule has 0 saturated carbocycles. The Balaban J connectivity index is 2.29. The monoisotopic (exact) mass is 378 g/mol.